The summed E-state index contributed by atoms with van der Waals surface area (Å²) in [4.78, 5) is 24.4. The van der Waals surface area contributed by atoms with E-state index in [9.17, 15) is 9.59 Å². The molecule has 1 atom stereocenters. The van der Waals surface area contributed by atoms with Crippen LogP contribution in [-0.2, 0) is 4.79 Å². The van der Waals surface area contributed by atoms with E-state index in [2.05, 4.69) is 26.1 Å². The van der Waals surface area contributed by atoms with Crippen LogP contribution in [0.15, 0.2) is 28.6 Å². The summed E-state index contributed by atoms with van der Waals surface area (Å²) in [6.07, 6.45) is 5.39. The van der Waals surface area contributed by atoms with E-state index < -0.39 is 11.3 Å². The second-order valence-corrected chi connectivity index (χ2v) is 9.55. The van der Waals surface area contributed by atoms with Crippen LogP contribution in [0.4, 0.5) is 15.6 Å². The summed E-state index contributed by atoms with van der Waals surface area (Å²) in [6.45, 7) is 4.24. The molecule has 3 N–H and O–H groups in total. The maximum Gasteiger partial charge on any atom is 0.321 e. The number of aromatic nitrogens is 2. The Bertz CT molecular complexity index is 854. The molecule has 8 nitrogen and oxygen atoms in total. The fraction of sp³-hybridized carbons (Fsp3) is 0.500. The number of benzene rings is 1. The minimum absolute atomic E-state index is 0.158. The van der Waals surface area contributed by atoms with Crippen LogP contribution in [0.5, 0.6) is 5.75 Å². The fourth-order valence-corrected chi connectivity index (χ4v) is 5.07. The summed E-state index contributed by atoms with van der Waals surface area (Å²) in [7, 11) is 0. The predicted molar refractivity (Wildman–Crippen MR) is 120 cm³/mol. The molecule has 1 aromatic heterocycles. The number of anilines is 2. The largest absolute Gasteiger partial charge is 0.492 e. The molecule has 0 spiro atoms. The van der Waals surface area contributed by atoms with Gasteiger partial charge in [0.05, 0.1) is 17.5 Å². The van der Waals surface area contributed by atoms with Gasteiger partial charge in [0.2, 0.25) is 11.0 Å². The molecule has 1 heterocycles. The predicted octanol–water partition coefficient (Wildman–Crippen LogP) is 4.32. The average molecular weight is 450 g/mol. The third-order valence-corrected chi connectivity index (χ3v) is 6.68. The van der Waals surface area contributed by atoms with Crippen LogP contribution in [0.25, 0.3) is 0 Å². The zero-order valence-corrected chi connectivity index (χ0v) is 18.8. The Balaban J connectivity index is 1.49. The van der Waals surface area contributed by atoms with Crippen LogP contribution >= 0.6 is 23.1 Å². The van der Waals surface area contributed by atoms with Gasteiger partial charge in [-0.3, -0.25) is 10.1 Å². The van der Waals surface area contributed by atoms with Gasteiger partial charge in [-0.05, 0) is 38.8 Å². The first-order valence-electron chi connectivity index (χ1n) is 10.2. The minimum atomic E-state index is -0.474. The summed E-state index contributed by atoms with van der Waals surface area (Å²) < 4.78 is 6.24. The lowest BCUT2D eigenvalue weighted by Gasteiger charge is -2.22. The van der Waals surface area contributed by atoms with Crippen LogP contribution in [0, 0.1) is 0 Å². The van der Waals surface area contributed by atoms with Crippen molar-refractivity contribution in [3.05, 3.63) is 24.3 Å². The molecule has 1 aliphatic carbocycles. The third-order valence-electron chi connectivity index (χ3n) is 4.66. The van der Waals surface area contributed by atoms with Crippen LogP contribution in [-0.4, -0.2) is 40.0 Å². The molecule has 3 rings (SSSR count). The first-order valence-corrected chi connectivity index (χ1v) is 11.8. The van der Waals surface area contributed by atoms with E-state index in [1.54, 1.807) is 6.92 Å². The highest BCUT2D eigenvalue weighted by molar-refractivity contribution is 8.02. The molecule has 0 saturated heterocycles. The first kappa shape index (κ1) is 22.4. The minimum Gasteiger partial charge on any atom is -0.492 e. The number of hydrogen-bond donors (Lipinski definition) is 3. The zero-order chi connectivity index (χ0) is 21.3. The van der Waals surface area contributed by atoms with Crippen molar-refractivity contribution >= 4 is 45.9 Å². The lowest BCUT2D eigenvalue weighted by atomic mass is 9.96. The summed E-state index contributed by atoms with van der Waals surface area (Å²) in [5.41, 5.74) is 0.803. The number of ether oxygens (including phenoxy) is 1. The Kier molecular flexibility index (Phi) is 8.32. The number of hydrogen-bond acceptors (Lipinski definition) is 8. The highest BCUT2D eigenvalue weighted by Gasteiger charge is 2.21. The van der Waals surface area contributed by atoms with Crippen molar-refractivity contribution in [2.45, 2.75) is 61.6 Å². The van der Waals surface area contributed by atoms with Gasteiger partial charge in [-0.25, -0.2) is 4.79 Å². The molecule has 0 bridgehead atoms. The average Bonchev–Trinajstić information content (AvgIpc) is 3.17. The fourth-order valence-electron chi connectivity index (χ4n) is 3.16. The Labute approximate surface area is 184 Å². The van der Waals surface area contributed by atoms with Crippen LogP contribution in [0.3, 0.4) is 0 Å². The SMILES string of the molecule is CCOc1ccccc1Nc1nnc(SC(C)C(=O)NC(=O)NC2CCCCC2)s1. The molecule has 0 aliphatic heterocycles. The quantitative estimate of drug-likeness (QED) is 0.515. The number of thioether (sulfide) groups is 1. The third kappa shape index (κ3) is 6.60. The van der Waals surface area contributed by atoms with Gasteiger partial charge in [0, 0.05) is 6.04 Å². The molecule has 1 fully saturated rings. The molecule has 1 aliphatic rings. The molecule has 30 heavy (non-hydrogen) atoms. The van der Waals surface area contributed by atoms with E-state index in [-0.39, 0.29) is 11.9 Å². The smallest absolute Gasteiger partial charge is 0.321 e. The number of carbonyl (C=O) groups is 2. The van der Waals surface area contributed by atoms with Crippen molar-refractivity contribution < 1.29 is 14.3 Å². The van der Waals surface area contributed by atoms with Crippen molar-refractivity contribution in [2.24, 2.45) is 0 Å². The van der Waals surface area contributed by atoms with E-state index in [0.717, 1.165) is 37.1 Å². The Hall–Kier alpha value is -2.33. The lowest BCUT2D eigenvalue weighted by molar-refractivity contribution is -0.119. The summed E-state index contributed by atoms with van der Waals surface area (Å²) in [6, 6.07) is 7.33. The summed E-state index contributed by atoms with van der Waals surface area (Å²) >= 11 is 2.61. The van der Waals surface area contributed by atoms with Crippen LogP contribution in [0.1, 0.15) is 46.0 Å². The Morgan fingerprint density at radius 3 is 2.77 bits per heavy atom. The molecule has 162 valence electrons. The second-order valence-electron chi connectivity index (χ2n) is 6.99. The van der Waals surface area contributed by atoms with Crippen molar-refractivity contribution in [3.8, 4) is 5.75 Å². The van der Waals surface area contributed by atoms with E-state index in [1.165, 1.54) is 29.5 Å². The number of nitrogens with one attached hydrogen (secondary N) is 3. The molecular weight excluding hydrogens is 422 g/mol. The van der Waals surface area contributed by atoms with E-state index in [1.807, 2.05) is 31.2 Å². The molecule has 2 aromatic rings. The monoisotopic (exact) mass is 449 g/mol. The number of nitrogens with zero attached hydrogens (tertiary/aromatic N) is 2. The van der Waals surface area contributed by atoms with Gasteiger partial charge in [-0.15, -0.1) is 10.2 Å². The number of rotatable bonds is 8. The van der Waals surface area contributed by atoms with Gasteiger partial charge in [0.25, 0.3) is 0 Å². The molecule has 1 aromatic carbocycles. The van der Waals surface area contributed by atoms with Gasteiger partial charge >= 0.3 is 6.03 Å². The Morgan fingerprint density at radius 1 is 1.23 bits per heavy atom. The summed E-state index contributed by atoms with van der Waals surface area (Å²) in [5.74, 6) is 0.390. The number of para-hydroxylation sites is 2. The molecule has 3 amide bonds. The van der Waals surface area contributed by atoms with Gasteiger partial charge in [0.1, 0.15) is 5.75 Å². The standard InChI is InChI=1S/C20H27N5O3S2/c1-3-28-16-12-8-7-11-15(16)22-19-24-25-20(30-19)29-13(2)17(26)23-18(27)21-14-9-5-4-6-10-14/h7-8,11-14H,3-6,9-10H2,1-2H3,(H,22,24)(H2,21,23,26,27). The number of carbonyl (C=O) groups excluding carboxylic acids is 2. The maximum atomic E-state index is 12.3. The van der Waals surface area contributed by atoms with Gasteiger partial charge in [0.15, 0.2) is 4.34 Å². The summed E-state index contributed by atoms with van der Waals surface area (Å²) in [5, 5.41) is 16.9. The first-order chi connectivity index (χ1) is 14.5. The molecule has 10 heteroatoms. The lowest BCUT2D eigenvalue weighted by Crippen LogP contribution is -2.47. The zero-order valence-electron chi connectivity index (χ0n) is 17.1. The molecule has 1 unspecified atom stereocenters. The van der Waals surface area contributed by atoms with E-state index in [0.29, 0.717) is 16.1 Å². The molecule has 0 radical (unpaired) electrons. The normalized spacial score (nSPS) is 15.3. The van der Waals surface area contributed by atoms with Crippen molar-refractivity contribution in [1.82, 2.24) is 20.8 Å². The van der Waals surface area contributed by atoms with Crippen molar-refractivity contribution in [1.29, 1.82) is 0 Å². The van der Waals surface area contributed by atoms with Gasteiger partial charge in [-0.2, -0.15) is 0 Å². The highest BCUT2D eigenvalue weighted by Crippen LogP contribution is 2.33. The maximum absolute atomic E-state index is 12.3. The molecular formula is C20H27N5O3S2. The van der Waals surface area contributed by atoms with Crippen molar-refractivity contribution in [2.75, 3.05) is 11.9 Å². The number of imide groups is 1. The number of amides is 3. The Morgan fingerprint density at radius 2 is 2.00 bits per heavy atom. The molecule has 1 saturated carbocycles. The second kappa shape index (κ2) is 11.2. The topological polar surface area (TPSA) is 105 Å². The van der Waals surface area contributed by atoms with Gasteiger partial charge < -0.3 is 15.4 Å². The van der Waals surface area contributed by atoms with Crippen LogP contribution < -0.4 is 20.7 Å². The van der Waals surface area contributed by atoms with Gasteiger partial charge in [-0.1, -0.05) is 54.5 Å². The highest BCUT2D eigenvalue weighted by atomic mass is 32.2. The van der Waals surface area contributed by atoms with E-state index >= 15 is 0 Å². The van der Waals surface area contributed by atoms with E-state index in [4.69, 9.17) is 4.74 Å². The number of urea groups is 1. The van der Waals surface area contributed by atoms with Crippen LogP contribution in [0.2, 0.25) is 0 Å². The van der Waals surface area contributed by atoms with Crippen molar-refractivity contribution in [3.63, 3.8) is 0 Å².